The van der Waals surface area contributed by atoms with Crippen LogP contribution in [0, 0.1) is 0 Å². The van der Waals surface area contributed by atoms with Gasteiger partial charge in [-0.2, -0.15) is 13.2 Å². The van der Waals surface area contributed by atoms with Gasteiger partial charge in [0, 0.05) is 0 Å². The van der Waals surface area contributed by atoms with Crippen molar-refractivity contribution >= 4 is 0 Å². The average Bonchev–Trinajstić information content (AvgIpc) is 2.47. The second-order valence-electron chi connectivity index (χ2n) is 4.64. The lowest BCUT2D eigenvalue weighted by Gasteiger charge is -2.14. The van der Waals surface area contributed by atoms with Gasteiger partial charge in [-0.3, -0.25) is 0 Å². The monoisotopic (exact) mass is 296 g/mol. The Bertz CT molecular complexity index is 567. The highest BCUT2D eigenvalue weighted by molar-refractivity contribution is 5.27. The highest BCUT2D eigenvalue weighted by atomic mass is 19.4. The van der Waals surface area contributed by atoms with Gasteiger partial charge in [-0.15, -0.1) is 0 Å². The van der Waals surface area contributed by atoms with Gasteiger partial charge in [0.15, 0.2) is 0 Å². The molecule has 2 rings (SSSR count). The molecule has 0 aromatic heterocycles. The number of halogens is 3. The van der Waals surface area contributed by atoms with E-state index < -0.39 is 17.8 Å². The molecular weight excluding hydrogens is 281 g/mol. The summed E-state index contributed by atoms with van der Waals surface area (Å²) in [5.41, 5.74) is 0.355. The van der Waals surface area contributed by atoms with Crippen molar-refractivity contribution in [3.05, 3.63) is 71.3 Å². The Morgan fingerprint density at radius 1 is 1.00 bits per heavy atom. The van der Waals surface area contributed by atoms with Gasteiger partial charge in [-0.1, -0.05) is 42.5 Å². The maximum absolute atomic E-state index is 12.6. The third-order valence-electron chi connectivity index (χ3n) is 2.99. The molecule has 0 aliphatic heterocycles. The maximum Gasteiger partial charge on any atom is 0.416 e. The van der Waals surface area contributed by atoms with Gasteiger partial charge >= 0.3 is 6.18 Å². The summed E-state index contributed by atoms with van der Waals surface area (Å²) in [4.78, 5) is 0. The molecule has 0 saturated carbocycles. The zero-order chi connectivity index (χ0) is 15.3. The molecule has 1 unspecified atom stereocenters. The first-order chi connectivity index (χ1) is 9.97. The standard InChI is InChI=1S/C16H15F3O2/c17-16(18,19)14-8-4-7-13(9-14)15(20)11-21-10-12-5-2-1-3-6-12/h1-9,15,20H,10-11H2. The molecule has 0 saturated heterocycles. The Morgan fingerprint density at radius 2 is 1.71 bits per heavy atom. The smallest absolute Gasteiger partial charge is 0.386 e. The van der Waals surface area contributed by atoms with Crippen LogP contribution in [0.1, 0.15) is 22.8 Å². The number of hydrogen-bond donors (Lipinski definition) is 1. The molecule has 2 aromatic rings. The lowest BCUT2D eigenvalue weighted by atomic mass is 10.1. The van der Waals surface area contributed by atoms with E-state index in [9.17, 15) is 18.3 Å². The van der Waals surface area contributed by atoms with Crippen molar-refractivity contribution < 1.29 is 23.0 Å². The number of alkyl halides is 3. The van der Waals surface area contributed by atoms with E-state index in [1.54, 1.807) is 0 Å². The van der Waals surface area contributed by atoms with Gasteiger partial charge in [0.2, 0.25) is 0 Å². The maximum atomic E-state index is 12.6. The van der Waals surface area contributed by atoms with E-state index in [1.807, 2.05) is 30.3 Å². The van der Waals surface area contributed by atoms with Crippen LogP contribution in [0.5, 0.6) is 0 Å². The summed E-state index contributed by atoms with van der Waals surface area (Å²) in [6, 6.07) is 14.0. The number of aliphatic hydroxyl groups is 1. The van der Waals surface area contributed by atoms with Crippen molar-refractivity contribution in [3.63, 3.8) is 0 Å². The molecule has 0 bridgehead atoms. The minimum atomic E-state index is -4.42. The topological polar surface area (TPSA) is 29.5 Å². The number of hydrogen-bond acceptors (Lipinski definition) is 2. The van der Waals surface area contributed by atoms with Gasteiger partial charge in [-0.05, 0) is 23.3 Å². The lowest BCUT2D eigenvalue weighted by molar-refractivity contribution is -0.137. The third-order valence-corrected chi connectivity index (χ3v) is 2.99. The third kappa shape index (κ3) is 4.58. The highest BCUT2D eigenvalue weighted by Crippen LogP contribution is 2.30. The fourth-order valence-corrected chi connectivity index (χ4v) is 1.88. The van der Waals surface area contributed by atoms with Crippen LogP contribution in [-0.4, -0.2) is 11.7 Å². The Morgan fingerprint density at radius 3 is 2.38 bits per heavy atom. The summed E-state index contributed by atoms with van der Waals surface area (Å²) in [5, 5.41) is 9.90. The highest BCUT2D eigenvalue weighted by Gasteiger charge is 2.30. The fraction of sp³-hybridized carbons (Fsp3) is 0.250. The van der Waals surface area contributed by atoms with E-state index in [4.69, 9.17) is 4.74 Å². The molecule has 0 aliphatic rings. The van der Waals surface area contributed by atoms with Gasteiger partial charge in [0.1, 0.15) is 6.10 Å². The van der Waals surface area contributed by atoms with Crippen LogP contribution in [0.15, 0.2) is 54.6 Å². The molecule has 2 nitrogen and oxygen atoms in total. The molecular formula is C16H15F3O2. The summed E-state index contributed by atoms with van der Waals surface area (Å²) in [6.45, 7) is 0.243. The number of rotatable bonds is 5. The Labute approximate surface area is 120 Å². The molecule has 0 radical (unpaired) electrons. The molecule has 1 atom stereocenters. The van der Waals surface area contributed by atoms with Crippen molar-refractivity contribution in [2.75, 3.05) is 6.61 Å². The van der Waals surface area contributed by atoms with Gasteiger partial charge in [0.25, 0.3) is 0 Å². The van der Waals surface area contributed by atoms with Gasteiger partial charge in [-0.25, -0.2) is 0 Å². The number of benzene rings is 2. The normalized spacial score (nSPS) is 13.1. The van der Waals surface area contributed by atoms with Crippen molar-refractivity contribution in [3.8, 4) is 0 Å². The first-order valence-electron chi connectivity index (χ1n) is 6.44. The molecule has 21 heavy (non-hydrogen) atoms. The second kappa shape index (κ2) is 6.74. The van der Waals surface area contributed by atoms with Crippen LogP contribution >= 0.6 is 0 Å². The van der Waals surface area contributed by atoms with Crippen LogP contribution in [0.4, 0.5) is 13.2 Å². The van der Waals surface area contributed by atoms with Crippen LogP contribution in [0.3, 0.4) is 0 Å². The molecule has 0 fully saturated rings. The second-order valence-corrected chi connectivity index (χ2v) is 4.64. The zero-order valence-electron chi connectivity index (χ0n) is 11.2. The molecule has 5 heteroatoms. The van der Waals surface area contributed by atoms with E-state index >= 15 is 0 Å². The van der Waals surface area contributed by atoms with Crippen LogP contribution in [0.2, 0.25) is 0 Å². The summed E-state index contributed by atoms with van der Waals surface area (Å²) >= 11 is 0. The van der Waals surface area contributed by atoms with Crippen LogP contribution in [0.25, 0.3) is 0 Å². The Kier molecular flexibility index (Phi) is 4.98. The van der Waals surface area contributed by atoms with Gasteiger partial charge < -0.3 is 9.84 Å². The first kappa shape index (κ1) is 15.5. The molecule has 112 valence electrons. The molecule has 0 heterocycles. The number of aliphatic hydroxyl groups excluding tert-OH is 1. The fourth-order valence-electron chi connectivity index (χ4n) is 1.88. The first-order valence-corrected chi connectivity index (χ1v) is 6.44. The minimum absolute atomic E-state index is 0.0593. The molecule has 2 aromatic carbocycles. The molecule has 1 N–H and O–H groups in total. The van der Waals surface area contributed by atoms with Gasteiger partial charge in [0.05, 0.1) is 18.8 Å². The van der Waals surface area contributed by atoms with Crippen molar-refractivity contribution in [1.29, 1.82) is 0 Å². The number of ether oxygens (including phenoxy) is 1. The Balaban J connectivity index is 1.93. The van der Waals surface area contributed by atoms with E-state index in [-0.39, 0.29) is 12.2 Å². The summed E-state index contributed by atoms with van der Waals surface area (Å²) in [7, 11) is 0. The molecule has 0 amide bonds. The Hall–Kier alpha value is -1.85. The van der Waals surface area contributed by atoms with Crippen molar-refractivity contribution in [2.45, 2.75) is 18.9 Å². The summed E-state index contributed by atoms with van der Waals surface area (Å²) in [6.07, 6.45) is -5.50. The quantitative estimate of drug-likeness (QED) is 0.905. The minimum Gasteiger partial charge on any atom is -0.386 e. The SMILES string of the molecule is OC(COCc1ccccc1)c1cccc(C(F)(F)F)c1. The van der Waals surface area contributed by atoms with Crippen LogP contribution < -0.4 is 0 Å². The largest absolute Gasteiger partial charge is 0.416 e. The summed E-state index contributed by atoms with van der Waals surface area (Å²) < 4.78 is 43.1. The van der Waals surface area contributed by atoms with Crippen LogP contribution in [-0.2, 0) is 17.5 Å². The van der Waals surface area contributed by atoms with E-state index in [2.05, 4.69) is 0 Å². The predicted octanol–water partition coefficient (Wildman–Crippen LogP) is 3.96. The van der Waals surface area contributed by atoms with E-state index in [0.29, 0.717) is 6.61 Å². The van der Waals surface area contributed by atoms with E-state index in [0.717, 1.165) is 17.7 Å². The van der Waals surface area contributed by atoms with Crippen molar-refractivity contribution in [1.82, 2.24) is 0 Å². The zero-order valence-corrected chi connectivity index (χ0v) is 11.2. The predicted molar refractivity (Wildman–Crippen MR) is 72.5 cm³/mol. The molecule has 0 spiro atoms. The average molecular weight is 296 g/mol. The lowest BCUT2D eigenvalue weighted by Crippen LogP contribution is -2.10. The molecule has 0 aliphatic carbocycles. The van der Waals surface area contributed by atoms with Crippen molar-refractivity contribution in [2.24, 2.45) is 0 Å². The summed E-state index contributed by atoms with van der Waals surface area (Å²) in [5.74, 6) is 0. The van der Waals surface area contributed by atoms with E-state index in [1.165, 1.54) is 12.1 Å².